The molecule has 1 heterocycles. The summed E-state index contributed by atoms with van der Waals surface area (Å²) in [7, 11) is 0. The first kappa shape index (κ1) is 15.6. The van der Waals surface area contributed by atoms with Crippen molar-refractivity contribution in [2.24, 2.45) is 5.92 Å². The summed E-state index contributed by atoms with van der Waals surface area (Å²) in [4.78, 5) is 24.7. The molecule has 1 aliphatic heterocycles. The molecule has 0 aromatic heterocycles. The van der Waals surface area contributed by atoms with Crippen molar-refractivity contribution in [3.8, 4) is 0 Å². The summed E-state index contributed by atoms with van der Waals surface area (Å²) in [6, 6.07) is 2.44. The van der Waals surface area contributed by atoms with Crippen LogP contribution in [0.4, 0.5) is 11.4 Å². The van der Waals surface area contributed by atoms with Gasteiger partial charge in [0.15, 0.2) is 0 Å². The largest absolute Gasteiger partial charge is 0.397 e. The normalized spacial score (nSPS) is 22.1. The van der Waals surface area contributed by atoms with E-state index in [0.717, 1.165) is 18.9 Å². The quantitative estimate of drug-likeness (QED) is 0.516. The smallest absolute Gasteiger partial charge is 0.271 e. The molecule has 6 nitrogen and oxygen atoms in total. The van der Waals surface area contributed by atoms with Crippen molar-refractivity contribution in [3.63, 3.8) is 0 Å². The highest BCUT2D eigenvalue weighted by Crippen LogP contribution is 2.32. The number of nitrogens with zero attached hydrogens (tertiary/aromatic N) is 2. The Morgan fingerprint density at radius 2 is 2.14 bits per heavy atom. The fourth-order valence-corrected chi connectivity index (χ4v) is 2.88. The molecule has 1 aromatic carbocycles. The second kappa shape index (κ2) is 5.89. The standard InChI is InChI=1S/C14H18ClN3O3/c1-8-4-3-5-17(9(8)2)14(19)11-6-10(18(20)21)7-12(15)13(11)16/h6-9H,3-5,16H2,1-2H3. The van der Waals surface area contributed by atoms with E-state index in [0.29, 0.717) is 12.5 Å². The number of benzene rings is 1. The first-order valence-electron chi connectivity index (χ1n) is 6.87. The lowest BCUT2D eigenvalue weighted by Gasteiger charge is -2.38. The maximum Gasteiger partial charge on any atom is 0.271 e. The fraction of sp³-hybridized carbons (Fsp3) is 0.500. The van der Waals surface area contributed by atoms with E-state index >= 15 is 0 Å². The molecular weight excluding hydrogens is 294 g/mol. The molecule has 0 aliphatic carbocycles. The Morgan fingerprint density at radius 1 is 1.48 bits per heavy atom. The zero-order valence-electron chi connectivity index (χ0n) is 12.0. The van der Waals surface area contributed by atoms with Crippen LogP contribution in [0, 0.1) is 16.0 Å². The molecule has 0 saturated carbocycles. The molecule has 0 radical (unpaired) electrons. The predicted octanol–water partition coefficient (Wildman–Crippen LogP) is 3.09. The van der Waals surface area contributed by atoms with Crippen molar-refractivity contribution in [2.75, 3.05) is 12.3 Å². The SMILES string of the molecule is CC1CCCN(C(=O)c2cc([N+](=O)[O-])cc(Cl)c2N)C1C. The van der Waals surface area contributed by atoms with Crippen LogP contribution in [0.25, 0.3) is 0 Å². The zero-order chi connectivity index (χ0) is 15.7. The maximum atomic E-state index is 12.7. The van der Waals surface area contributed by atoms with Crippen molar-refractivity contribution >= 4 is 28.9 Å². The predicted molar refractivity (Wildman–Crippen MR) is 81.4 cm³/mol. The number of nitrogens with two attached hydrogens (primary N) is 1. The molecule has 21 heavy (non-hydrogen) atoms. The Hall–Kier alpha value is -1.82. The van der Waals surface area contributed by atoms with Crippen LogP contribution in [0.5, 0.6) is 0 Å². The van der Waals surface area contributed by atoms with Crippen LogP contribution in [-0.2, 0) is 0 Å². The van der Waals surface area contributed by atoms with Crippen molar-refractivity contribution in [1.82, 2.24) is 4.90 Å². The van der Waals surface area contributed by atoms with Crippen LogP contribution < -0.4 is 5.73 Å². The number of non-ortho nitro benzene ring substituents is 1. The molecular formula is C14H18ClN3O3. The monoisotopic (exact) mass is 311 g/mol. The number of carbonyl (C=O) groups excluding carboxylic acids is 1. The summed E-state index contributed by atoms with van der Waals surface area (Å²) < 4.78 is 0. The lowest BCUT2D eigenvalue weighted by Crippen LogP contribution is -2.46. The van der Waals surface area contributed by atoms with E-state index in [1.54, 1.807) is 4.90 Å². The Bertz CT molecular complexity index is 591. The average molecular weight is 312 g/mol. The Kier molecular flexibility index (Phi) is 4.37. The minimum Gasteiger partial charge on any atom is -0.397 e. The van der Waals surface area contributed by atoms with Gasteiger partial charge >= 0.3 is 0 Å². The summed E-state index contributed by atoms with van der Waals surface area (Å²) in [5.41, 5.74) is 5.81. The second-order valence-corrected chi connectivity index (χ2v) is 5.91. The molecule has 1 fully saturated rings. The number of anilines is 1. The molecule has 1 aromatic rings. The molecule has 2 N–H and O–H groups in total. The molecule has 2 unspecified atom stereocenters. The minimum atomic E-state index is -0.579. The third-order valence-corrected chi connectivity index (χ3v) is 4.50. The lowest BCUT2D eigenvalue weighted by atomic mass is 9.91. The fourth-order valence-electron chi connectivity index (χ4n) is 2.66. The molecule has 2 rings (SSSR count). The van der Waals surface area contributed by atoms with E-state index in [9.17, 15) is 14.9 Å². The number of amides is 1. The van der Waals surface area contributed by atoms with Crippen LogP contribution in [0.15, 0.2) is 12.1 Å². The number of rotatable bonds is 2. The number of halogens is 1. The van der Waals surface area contributed by atoms with Gasteiger partial charge < -0.3 is 10.6 Å². The third-order valence-electron chi connectivity index (χ3n) is 4.19. The van der Waals surface area contributed by atoms with Gasteiger partial charge in [-0.3, -0.25) is 14.9 Å². The molecule has 0 bridgehead atoms. The van der Waals surface area contributed by atoms with Gasteiger partial charge in [0, 0.05) is 24.7 Å². The van der Waals surface area contributed by atoms with Gasteiger partial charge in [0.1, 0.15) is 0 Å². The highest BCUT2D eigenvalue weighted by atomic mass is 35.5. The first-order chi connectivity index (χ1) is 9.82. The number of hydrogen-bond acceptors (Lipinski definition) is 4. The minimum absolute atomic E-state index is 0.0326. The summed E-state index contributed by atoms with van der Waals surface area (Å²) in [5, 5.41) is 10.9. The van der Waals surface area contributed by atoms with E-state index in [1.165, 1.54) is 6.07 Å². The number of likely N-dealkylation sites (tertiary alicyclic amines) is 1. The van der Waals surface area contributed by atoms with E-state index in [-0.39, 0.29) is 33.9 Å². The molecule has 0 spiro atoms. The summed E-state index contributed by atoms with van der Waals surface area (Å²) in [5.74, 6) is 0.0928. The van der Waals surface area contributed by atoms with Crippen molar-refractivity contribution < 1.29 is 9.72 Å². The van der Waals surface area contributed by atoms with Crippen LogP contribution in [-0.4, -0.2) is 28.3 Å². The van der Waals surface area contributed by atoms with Crippen molar-refractivity contribution in [2.45, 2.75) is 32.7 Å². The van der Waals surface area contributed by atoms with Crippen LogP contribution >= 0.6 is 11.6 Å². The Labute approximate surface area is 128 Å². The molecule has 1 aliphatic rings. The topological polar surface area (TPSA) is 89.5 Å². The van der Waals surface area contributed by atoms with Crippen LogP contribution in [0.2, 0.25) is 5.02 Å². The molecule has 2 atom stereocenters. The third kappa shape index (κ3) is 2.95. The van der Waals surface area contributed by atoms with Gasteiger partial charge in [0.05, 0.1) is 21.2 Å². The number of nitrogen functional groups attached to an aromatic ring is 1. The van der Waals surface area contributed by atoms with Gasteiger partial charge in [-0.05, 0) is 25.7 Å². The van der Waals surface area contributed by atoms with E-state index in [1.807, 2.05) is 6.92 Å². The zero-order valence-corrected chi connectivity index (χ0v) is 12.8. The van der Waals surface area contributed by atoms with Gasteiger partial charge in [0.2, 0.25) is 0 Å². The second-order valence-electron chi connectivity index (χ2n) is 5.50. The average Bonchev–Trinajstić information content (AvgIpc) is 2.43. The van der Waals surface area contributed by atoms with Gasteiger partial charge in [-0.2, -0.15) is 0 Å². The first-order valence-corrected chi connectivity index (χ1v) is 7.25. The molecule has 114 valence electrons. The Balaban J connectivity index is 2.41. The summed E-state index contributed by atoms with van der Waals surface area (Å²) in [6.07, 6.45) is 1.98. The van der Waals surface area contributed by atoms with Crippen LogP contribution in [0.3, 0.4) is 0 Å². The molecule has 1 saturated heterocycles. The number of nitro benzene ring substituents is 1. The summed E-state index contributed by atoms with van der Waals surface area (Å²) in [6.45, 7) is 4.70. The van der Waals surface area contributed by atoms with Gasteiger partial charge in [-0.15, -0.1) is 0 Å². The van der Waals surface area contributed by atoms with Gasteiger partial charge in [0.25, 0.3) is 11.6 Å². The number of nitro groups is 1. The highest BCUT2D eigenvalue weighted by molar-refractivity contribution is 6.34. The van der Waals surface area contributed by atoms with Crippen LogP contribution in [0.1, 0.15) is 37.0 Å². The molecule has 1 amide bonds. The number of carbonyl (C=O) groups is 1. The number of hydrogen-bond donors (Lipinski definition) is 1. The van der Waals surface area contributed by atoms with Gasteiger partial charge in [-0.25, -0.2) is 0 Å². The maximum absolute atomic E-state index is 12.7. The van der Waals surface area contributed by atoms with Crippen molar-refractivity contribution in [1.29, 1.82) is 0 Å². The number of piperidine rings is 1. The molecule has 7 heteroatoms. The van der Waals surface area contributed by atoms with Crippen molar-refractivity contribution in [3.05, 3.63) is 32.8 Å². The lowest BCUT2D eigenvalue weighted by molar-refractivity contribution is -0.384. The van der Waals surface area contributed by atoms with E-state index < -0.39 is 4.92 Å². The summed E-state index contributed by atoms with van der Waals surface area (Å²) >= 11 is 5.91. The van der Waals surface area contributed by atoms with E-state index in [2.05, 4.69) is 6.92 Å². The van der Waals surface area contributed by atoms with Gasteiger partial charge in [-0.1, -0.05) is 18.5 Å². The highest BCUT2D eigenvalue weighted by Gasteiger charge is 2.31. The Morgan fingerprint density at radius 3 is 2.76 bits per heavy atom. The van der Waals surface area contributed by atoms with E-state index in [4.69, 9.17) is 17.3 Å².